The molecule has 1 aromatic rings. The Hall–Kier alpha value is -1.75. The summed E-state index contributed by atoms with van der Waals surface area (Å²) in [5.74, 6) is 0.584. The zero-order valence-corrected chi connectivity index (χ0v) is 12.2. The molecule has 0 bridgehead atoms. The number of rotatable bonds is 7. The molecule has 0 saturated heterocycles. The molecule has 1 saturated carbocycles. The number of methoxy groups -OCH3 is 1. The highest BCUT2D eigenvalue weighted by atomic mass is 16.5. The average Bonchev–Trinajstić information content (AvgIpc) is 3.24. The number of nitrogen functional groups attached to an aromatic ring is 1. The van der Waals surface area contributed by atoms with Crippen LogP contribution in [0, 0.1) is 0 Å². The number of ether oxygens (including phenoxy) is 1. The lowest BCUT2D eigenvalue weighted by Crippen LogP contribution is -2.35. The van der Waals surface area contributed by atoms with Gasteiger partial charge in [0.1, 0.15) is 5.75 Å². The summed E-state index contributed by atoms with van der Waals surface area (Å²) >= 11 is 0. The van der Waals surface area contributed by atoms with Gasteiger partial charge in [0.15, 0.2) is 0 Å². The van der Waals surface area contributed by atoms with Gasteiger partial charge in [-0.2, -0.15) is 0 Å². The highest BCUT2D eigenvalue weighted by Crippen LogP contribution is 2.28. The summed E-state index contributed by atoms with van der Waals surface area (Å²) < 4.78 is 5.23. The molecular weight excluding hydrogens is 254 g/mol. The van der Waals surface area contributed by atoms with Gasteiger partial charge in [0, 0.05) is 17.8 Å². The van der Waals surface area contributed by atoms with Gasteiger partial charge < -0.3 is 15.8 Å². The Morgan fingerprint density at radius 2 is 2.25 bits per heavy atom. The number of anilines is 2. The minimum Gasteiger partial charge on any atom is -0.494 e. The van der Waals surface area contributed by atoms with E-state index >= 15 is 0 Å². The maximum atomic E-state index is 12.1. The summed E-state index contributed by atoms with van der Waals surface area (Å²) in [6, 6.07) is 5.82. The summed E-state index contributed by atoms with van der Waals surface area (Å²) in [6.45, 7) is 3.54. The van der Waals surface area contributed by atoms with E-state index in [2.05, 4.69) is 17.1 Å². The van der Waals surface area contributed by atoms with Gasteiger partial charge in [-0.05, 0) is 37.9 Å². The molecule has 0 aliphatic heterocycles. The van der Waals surface area contributed by atoms with Crippen LogP contribution in [-0.2, 0) is 4.79 Å². The number of nitrogens with zero attached hydrogens (tertiary/aromatic N) is 1. The molecule has 0 radical (unpaired) electrons. The van der Waals surface area contributed by atoms with E-state index in [1.807, 2.05) is 0 Å². The van der Waals surface area contributed by atoms with Crippen molar-refractivity contribution >= 4 is 17.3 Å². The van der Waals surface area contributed by atoms with Crippen molar-refractivity contribution in [2.75, 3.05) is 31.2 Å². The standard InChI is InChI=1S/C15H23N3O2/c1-3-8-18(12-5-6-12)10-15(19)17-13-7-4-11(16)9-14(13)20-2/h4,7,9,12H,3,5-6,8,10,16H2,1-2H3,(H,17,19). The fraction of sp³-hybridized carbons (Fsp3) is 0.533. The molecule has 3 N–H and O–H groups in total. The molecule has 1 aliphatic carbocycles. The van der Waals surface area contributed by atoms with E-state index in [0.717, 1.165) is 13.0 Å². The van der Waals surface area contributed by atoms with E-state index in [4.69, 9.17) is 10.5 Å². The Morgan fingerprint density at radius 3 is 2.85 bits per heavy atom. The van der Waals surface area contributed by atoms with Crippen LogP contribution in [0.25, 0.3) is 0 Å². The van der Waals surface area contributed by atoms with Crippen molar-refractivity contribution in [1.82, 2.24) is 4.90 Å². The van der Waals surface area contributed by atoms with Gasteiger partial charge in [-0.15, -0.1) is 0 Å². The molecule has 0 aromatic heterocycles. The molecular formula is C15H23N3O2. The number of carbonyl (C=O) groups excluding carboxylic acids is 1. The number of hydrogen-bond donors (Lipinski definition) is 2. The lowest BCUT2D eigenvalue weighted by molar-refractivity contribution is -0.117. The van der Waals surface area contributed by atoms with E-state index in [9.17, 15) is 4.79 Å². The summed E-state index contributed by atoms with van der Waals surface area (Å²) in [4.78, 5) is 14.4. The first kappa shape index (κ1) is 14.7. The molecule has 1 aromatic carbocycles. The van der Waals surface area contributed by atoms with Crippen LogP contribution in [0.2, 0.25) is 0 Å². The number of nitrogens with one attached hydrogen (secondary N) is 1. The SMILES string of the molecule is CCCN(CC(=O)Nc1ccc(N)cc1OC)C1CC1. The van der Waals surface area contributed by atoms with Gasteiger partial charge in [-0.1, -0.05) is 6.92 Å². The van der Waals surface area contributed by atoms with Crippen LogP contribution in [0.4, 0.5) is 11.4 Å². The third kappa shape index (κ3) is 3.87. The lowest BCUT2D eigenvalue weighted by Gasteiger charge is -2.20. The van der Waals surface area contributed by atoms with Crippen molar-refractivity contribution in [2.45, 2.75) is 32.2 Å². The largest absolute Gasteiger partial charge is 0.494 e. The second kappa shape index (κ2) is 6.61. The predicted octanol–water partition coefficient (Wildman–Crippen LogP) is 2.09. The van der Waals surface area contributed by atoms with Crippen molar-refractivity contribution in [1.29, 1.82) is 0 Å². The molecule has 0 unspecified atom stereocenters. The smallest absolute Gasteiger partial charge is 0.238 e. The molecule has 110 valence electrons. The number of hydrogen-bond acceptors (Lipinski definition) is 4. The van der Waals surface area contributed by atoms with Gasteiger partial charge >= 0.3 is 0 Å². The Kier molecular flexibility index (Phi) is 4.84. The first-order chi connectivity index (χ1) is 9.63. The molecule has 0 spiro atoms. The van der Waals surface area contributed by atoms with E-state index in [1.54, 1.807) is 25.3 Å². The zero-order valence-electron chi connectivity index (χ0n) is 12.2. The summed E-state index contributed by atoms with van der Waals surface area (Å²) in [5.41, 5.74) is 6.98. The summed E-state index contributed by atoms with van der Waals surface area (Å²) in [6.07, 6.45) is 3.48. The number of amides is 1. The molecule has 0 heterocycles. The number of nitrogens with two attached hydrogens (primary N) is 1. The highest BCUT2D eigenvalue weighted by Gasteiger charge is 2.29. The fourth-order valence-electron chi connectivity index (χ4n) is 2.30. The molecule has 5 heteroatoms. The van der Waals surface area contributed by atoms with Crippen LogP contribution in [0.15, 0.2) is 18.2 Å². The zero-order chi connectivity index (χ0) is 14.5. The topological polar surface area (TPSA) is 67.6 Å². The third-order valence-electron chi connectivity index (χ3n) is 3.42. The minimum atomic E-state index is -0.00609. The first-order valence-electron chi connectivity index (χ1n) is 7.11. The van der Waals surface area contributed by atoms with E-state index < -0.39 is 0 Å². The molecule has 5 nitrogen and oxygen atoms in total. The maximum Gasteiger partial charge on any atom is 0.238 e. The first-order valence-corrected chi connectivity index (χ1v) is 7.11. The monoisotopic (exact) mass is 277 g/mol. The Balaban J connectivity index is 1.96. The van der Waals surface area contributed by atoms with Gasteiger partial charge in [0.05, 0.1) is 19.3 Å². The van der Waals surface area contributed by atoms with Crippen molar-refractivity contribution < 1.29 is 9.53 Å². The maximum absolute atomic E-state index is 12.1. The Bertz CT molecular complexity index is 472. The van der Waals surface area contributed by atoms with E-state index in [-0.39, 0.29) is 5.91 Å². The van der Waals surface area contributed by atoms with Gasteiger partial charge in [-0.25, -0.2) is 0 Å². The fourth-order valence-corrected chi connectivity index (χ4v) is 2.30. The average molecular weight is 277 g/mol. The predicted molar refractivity (Wildman–Crippen MR) is 80.9 cm³/mol. The van der Waals surface area contributed by atoms with Crippen LogP contribution >= 0.6 is 0 Å². The van der Waals surface area contributed by atoms with Crippen molar-refractivity contribution in [3.8, 4) is 5.75 Å². The Labute approximate surface area is 120 Å². The van der Waals surface area contributed by atoms with Gasteiger partial charge in [-0.3, -0.25) is 9.69 Å². The van der Waals surface area contributed by atoms with Gasteiger partial charge in [0.25, 0.3) is 0 Å². The second-order valence-electron chi connectivity index (χ2n) is 5.21. The summed E-state index contributed by atoms with van der Waals surface area (Å²) in [7, 11) is 1.57. The van der Waals surface area contributed by atoms with Crippen LogP contribution in [-0.4, -0.2) is 37.0 Å². The highest BCUT2D eigenvalue weighted by molar-refractivity contribution is 5.94. The van der Waals surface area contributed by atoms with E-state index in [1.165, 1.54) is 12.8 Å². The molecule has 0 atom stereocenters. The molecule has 1 fully saturated rings. The van der Waals surface area contributed by atoms with Crippen molar-refractivity contribution in [3.05, 3.63) is 18.2 Å². The summed E-state index contributed by atoms with van der Waals surface area (Å²) in [5, 5.41) is 2.90. The molecule has 1 aliphatic rings. The Morgan fingerprint density at radius 1 is 1.50 bits per heavy atom. The van der Waals surface area contributed by atoms with E-state index in [0.29, 0.717) is 29.7 Å². The van der Waals surface area contributed by atoms with Gasteiger partial charge in [0.2, 0.25) is 5.91 Å². The van der Waals surface area contributed by atoms with Crippen LogP contribution in [0.3, 0.4) is 0 Å². The van der Waals surface area contributed by atoms with Crippen LogP contribution < -0.4 is 15.8 Å². The molecule has 2 rings (SSSR count). The van der Waals surface area contributed by atoms with Crippen LogP contribution in [0.1, 0.15) is 26.2 Å². The molecule has 1 amide bonds. The third-order valence-corrected chi connectivity index (χ3v) is 3.42. The van der Waals surface area contributed by atoms with Crippen molar-refractivity contribution in [2.24, 2.45) is 0 Å². The van der Waals surface area contributed by atoms with Crippen LogP contribution in [0.5, 0.6) is 5.75 Å². The minimum absolute atomic E-state index is 0.00609. The quantitative estimate of drug-likeness (QED) is 0.749. The molecule has 20 heavy (non-hydrogen) atoms. The normalized spacial score (nSPS) is 14.3. The lowest BCUT2D eigenvalue weighted by atomic mass is 10.2. The number of benzene rings is 1. The second-order valence-corrected chi connectivity index (χ2v) is 5.21. The number of carbonyl (C=O) groups is 1. The van der Waals surface area contributed by atoms with Crippen molar-refractivity contribution in [3.63, 3.8) is 0 Å².